The molecule has 1 fully saturated rings. The molecule has 5 nitrogen and oxygen atoms in total. The second-order valence-electron chi connectivity index (χ2n) is 4.17. The van der Waals surface area contributed by atoms with E-state index in [9.17, 15) is 18.4 Å². The van der Waals surface area contributed by atoms with Crippen molar-refractivity contribution < 1.29 is 32.6 Å². The molecule has 102 valence electrons. The summed E-state index contributed by atoms with van der Waals surface area (Å²) in [6.45, 7) is 2.06. The first kappa shape index (κ1) is 14.9. The fraction of sp³-hybridized carbons (Fsp3) is 0.800. The van der Waals surface area contributed by atoms with E-state index in [1.807, 2.05) is 0 Å². The topological polar surface area (TPSA) is 61.8 Å². The maximum absolute atomic E-state index is 13.0. The molecule has 1 saturated heterocycles. The summed E-state index contributed by atoms with van der Waals surface area (Å²) >= 11 is 0. The van der Waals surface area contributed by atoms with Crippen LogP contribution in [0.5, 0.6) is 0 Å². The molecule has 18 heavy (non-hydrogen) atoms. The number of esters is 2. The van der Waals surface area contributed by atoms with Crippen molar-refractivity contribution in [3.8, 4) is 0 Å². The molecule has 0 bridgehead atoms. The number of halogens is 2. The van der Waals surface area contributed by atoms with Gasteiger partial charge in [0.1, 0.15) is 26.7 Å². The maximum Gasteiger partial charge on any atom is 0.302 e. The van der Waals surface area contributed by atoms with Gasteiger partial charge in [-0.25, -0.2) is 8.78 Å². The van der Waals surface area contributed by atoms with E-state index in [-0.39, 0.29) is 6.61 Å². The average molecular weight is 264 g/mol. The molecule has 0 aromatic heterocycles. The molecule has 1 aliphatic rings. The summed E-state index contributed by atoms with van der Waals surface area (Å²) in [4.78, 5) is 21.5. The third-order valence-corrected chi connectivity index (χ3v) is 2.70. The van der Waals surface area contributed by atoms with Gasteiger partial charge >= 0.3 is 11.9 Å². The van der Waals surface area contributed by atoms with E-state index in [2.05, 4.69) is 4.74 Å². The Hall–Kier alpha value is -1.18. The molecule has 0 radical (unpaired) electrons. The van der Waals surface area contributed by atoms with Crippen molar-refractivity contribution in [2.45, 2.75) is 38.5 Å². The van der Waals surface area contributed by atoms with Crippen molar-refractivity contribution in [1.29, 1.82) is 0 Å². The molecule has 0 N–H and O–H groups in total. The van der Waals surface area contributed by atoms with Crippen molar-refractivity contribution in [1.82, 2.24) is 0 Å². The van der Waals surface area contributed by atoms with Crippen molar-refractivity contribution in [3.05, 3.63) is 0 Å². The number of alkyl halides is 2. The Labute approximate surface area is 104 Å². The standard InChI is InChI=1S/C10H15BF2O5/c1-4(14)16-3-6-7(10(12)13)8(9(11)18-6)17-5(2)15/h6-10H,3,11H2,1-2H3/t6-,7-,8-,9-/m1/s1. The predicted molar refractivity (Wildman–Crippen MR) is 58.9 cm³/mol. The lowest BCUT2D eigenvalue weighted by Crippen LogP contribution is -2.38. The SMILES string of the molecule is B[C@@H]1O[C@H](COC(C)=O)[C@@H](C(F)F)[C@H]1OC(C)=O. The lowest BCUT2D eigenvalue weighted by atomic mass is 9.87. The summed E-state index contributed by atoms with van der Waals surface area (Å²) in [5.41, 5.74) is 0. The molecule has 4 atom stereocenters. The lowest BCUT2D eigenvalue weighted by Gasteiger charge is -2.22. The molecule has 0 aromatic rings. The molecule has 1 rings (SSSR count). The van der Waals surface area contributed by atoms with Gasteiger partial charge in [-0.15, -0.1) is 0 Å². The van der Waals surface area contributed by atoms with Crippen molar-refractivity contribution in [2.75, 3.05) is 6.61 Å². The van der Waals surface area contributed by atoms with Crippen LogP contribution in [0.25, 0.3) is 0 Å². The zero-order valence-corrected chi connectivity index (χ0v) is 10.4. The summed E-state index contributed by atoms with van der Waals surface area (Å²) in [6.07, 6.45) is -4.71. The Morgan fingerprint density at radius 3 is 2.39 bits per heavy atom. The Bertz CT molecular complexity index is 325. The van der Waals surface area contributed by atoms with Gasteiger partial charge in [0.25, 0.3) is 0 Å². The van der Waals surface area contributed by atoms with Crippen LogP contribution in [0.4, 0.5) is 8.78 Å². The molecule has 0 amide bonds. The zero-order chi connectivity index (χ0) is 13.9. The monoisotopic (exact) mass is 264 g/mol. The number of carbonyl (C=O) groups is 2. The zero-order valence-electron chi connectivity index (χ0n) is 10.4. The van der Waals surface area contributed by atoms with Crippen molar-refractivity contribution in [2.24, 2.45) is 5.92 Å². The molecule has 0 aliphatic carbocycles. The normalized spacial score (nSPS) is 31.4. The third kappa shape index (κ3) is 3.66. The second kappa shape index (κ2) is 6.13. The Morgan fingerprint density at radius 1 is 1.33 bits per heavy atom. The summed E-state index contributed by atoms with van der Waals surface area (Å²) in [5, 5.41) is 0. The summed E-state index contributed by atoms with van der Waals surface area (Å²) in [6, 6.07) is -0.659. The minimum atomic E-state index is -2.72. The average Bonchev–Trinajstić information content (AvgIpc) is 2.52. The molecule has 1 heterocycles. The minimum absolute atomic E-state index is 0.271. The van der Waals surface area contributed by atoms with Crippen LogP contribution in [0.3, 0.4) is 0 Å². The first-order valence-electron chi connectivity index (χ1n) is 5.57. The molecule has 0 saturated carbocycles. The van der Waals surface area contributed by atoms with Crippen LogP contribution in [-0.2, 0) is 23.8 Å². The van der Waals surface area contributed by atoms with E-state index in [4.69, 9.17) is 9.47 Å². The Kier molecular flexibility index (Phi) is 5.07. The second-order valence-corrected chi connectivity index (χ2v) is 4.17. The van der Waals surface area contributed by atoms with Gasteiger partial charge in [-0.3, -0.25) is 9.59 Å². The van der Waals surface area contributed by atoms with E-state index in [0.717, 1.165) is 6.92 Å². The van der Waals surface area contributed by atoms with Gasteiger partial charge in [-0.2, -0.15) is 0 Å². The quantitative estimate of drug-likeness (QED) is 0.516. The van der Waals surface area contributed by atoms with Crippen LogP contribution in [0, 0.1) is 5.92 Å². The Balaban J connectivity index is 2.74. The van der Waals surface area contributed by atoms with Crippen molar-refractivity contribution in [3.63, 3.8) is 0 Å². The van der Waals surface area contributed by atoms with E-state index >= 15 is 0 Å². The van der Waals surface area contributed by atoms with Crippen LogP contribution in [0.2, 0.25) is 0 Å². The highest BCUT2D eigenvalue weighted by atomic mass is 19.3. The fourth-order valence-corrected chi connectivity index (χ4v) is 1.99. The van der Waals surface area contributed by atoms with Gasteiger partial charge in [0, 0.05) is 13.8 Å². The maximum atomic E-state index is 13.0. The highest BCUT2D eigenvalue weighted by Gasteiger charge is 2.49. The van der Waals surface area contributed by atoms with Crippen LogP contribution in [-0.4, -0.2) is 51.0 Å². The number of ether oxygens (including phenoxy) is 3. The van der Waals surface area contributed by atoms with Gasteiger partial charge in [0.2, 0.25) is 6.43 Å². The molecular formula is C10H15BF2O5. The largest absolute Gasteiger partial charge is 0.463 e. The van der Waals surface area contributed by atoms with Crippen LogP contribution in [0.15, 0.2) is 0 Å². The van der Waals surface area contributed by atoms with Crippen LogP contribution >= 0.6 is 0 Å². The number of hydrogen-bond donors (Lipinski definition) is 0. The fourth-order valence-electron chi connectivity index (χ4n) is 1.99. The molecule has 0 aromatic carbocycles. The highest BCUT2D eigenvalue weighted by Crippen LogP contribution is 2.33. The van der Waals surface area contributed by atoms with Gasteiger partial charge in [0.05, 0.1) is 11.9 Å². The molecule has 8 heteroatoms. The van der Waals surface area contributed by atoms with E-state index in [1.165, 1.54) is 14.8 Å². The van der Waals surface area contributed by atoms with Crippen LogP contribution < -0.4 is 0 Å². The Morgan fingerprint density at radius 2 is 1.94 bits per heavy atom. The molecular weight excluding hydrogens is 249 g/mol. The van der Waals surface area contributed by atoms with E-state index in [0.29, 0.717) is 0 Å². The molecule has 1 aliphatic heterocycles. The summed E-state index contributed by atoms with van der Waals surface area (Å²) in [7, 11) is 1.54. The van der Waals surface area contributed by atoms with Crippen LogP contribution in [0.1, 0.15) is 13.8 Å². The number of carbonyl (C=O) groups excluding carboxylic acids is 2. The lowest BCUT2D eigenvalue weighted by molar-refractivity contribution is -0.152. The predicted octanol–water partition coefficient (Wildman–Crippen LogP) is -0.280. The minimum Gasteiger partial charge on any atom is -0.463 e. The van der Waals surface area contributed by atoms with Gasteiger partial charge < -0.3 is 14.2 Å². The molecule has 0 unspecified atom stereocenters. The van der Waals surface area contributed by atoms with Crippen molar-refractivity contribution >= 4 is 19.8 Å². The van der Waals surface area contributed by atoms with Gasteiger partial charge in [0.15, 0.2) is 0 Å². The summed E-state index contributed by atoms with van der Waals surface area (Å²) < 4.78 is 40.7. The first-order valence-corrected chi connectivity index (χ1v) is 5.57. The van der Waals surface area contributed by atoms with Gasteiger partial charge in [-0.05, 0) is 0 Å². The summed E-state index contributed by atoms with van der Waals surface area (Å²) in [5.74, 6) is -2.51. The van der Waals surface area contributed by atoms with Gasteiger partial charge in [-0.1, -0.05) is 0 Å². The first-order chi connectivity index (χ1) is 8.32. The molecule has 0 spiro atoms. The number of hydrogen-bond acceptors (Lipinski definition) is 5. The highest BCUT2D eigenvalue weighted by molar-refractivity contribution is 6.11. The van der Waals surface area contributed by atoms with E-state index < -0.39 is 42.5 Å². The third-order valence-electron chi connectivity index (χ3n) is 2.70. The number of rotatable bonds is 4. The van der Waals surface area contributed by atoms with E-state index in [1.54, 1.807) is 0 Å². The smallest absolute Gasteiger partial charge is 0.302 e.